The maximum Gasteiger partial charge on any atom is 0.0867 e. The molecule has 3 fully saturated rings. The Morgan fingerprint density at radius 2 is 2.36 bits per heavy atom. The molecule has 4 heteroatoms. The second-order valence-corrected chi connectivity index (χ2v) is 5.54. The smallest absolute Gasteiger partial charge is 0.0867 e. The third-order valence-corrected chi connectivity index (χ3v) is 4.76. The van der Waals surface area contributed by atoms with E-state index >= 15 is 0 Å². The average Bonchev–Trinajstić information content (AvgIpc) is 2.88. The van der Waals surface area contributed by atoms with Crippen LogP contribution in [0.2, 0.25) is 0 Å². The van der Waals surface area contributed by atoms with E-state index in [4.69, 9.17) is 4.74 Å². The molecule has 0 aromatic carbocycles. The lowest BCUT2D eigenvalue weighted by atomic mass is 10.1. The summed E-state index contributed by atoms with van der Waals surface area (Å²) in [4.78, 5) is 2.70. The third kappa shape index (κ3) is 1.58. The molecule has 3 rings (SSSR count). The van der Waals surface area contributed by atoms with Crippen LogP contribution in [0.3, 0.4) is 0 Å². The van der Waals surface area contributed by atoms with Crippen LogP contribution in [0, 0.1) is 0 Å². The van der Waals surface area contributed by atoms with E-state index in [0.29, 0.717) is 12.1 Å². The van der Waals surface area contributed by atoms with Gasteiger partial charge in [-0.25, -0.2) is 0 Å². The molecule has 0 aromatic rings. The fraction of sp³-hybridized carbons (Fsp3) is 1.00. The van der Waals surface area contributed by atoms with Crippen LogP contribution >= 0.6 is 11.8 Å². The lowest BCUT2D eigenvalue weighted by molar-refractivity contribution is -0.0594. The van der Waals surface area contributed by atoms with Crippen molar-refractivity contribution in [2.24, 2.45) is 0 Å². The predicted molar refractivity (Wildman–Crippen MR) is 58.8 cm³/mol. The van der Waals surface area contributed by atoms with Gasteiger partial charge in [0.25, 0.3) is 0 Å². The normalized spacial score (nSPS) is 44.1. The van der Waals surface area contributed by atoms with Gasteiger partial charge in [0, 0.05) is 37.5 Å². The molecule has 1 unspecified atom stereocenters. The first-order valence-corrected chi connectivity index (χ1v) is 6.76. The van der Waals surface area contributed by atoms with Crippen LogP contribution in [0.25, 0.3) is 0 Å². The van der Waals surface area contributed by atoms with Crippen molar-refractivity contribution in [3.63, 3.8) is 0 Å². The Balaban J connectivity index is 1.70. The van der Waals surface area contributed by atoms with Crippen LogP contribution in [-0.4, -0.2) is 60.8 Å². The van der Waals surface area contributed by atoms with E-state index in [-0.39, 0.29) is 0 Å². The monoisotopic (exact) mass is 214 g/mol. The van der Waals surface area contributed by atoms with Crippen molar-refractivity contribution in [2.45, 2.75) is 24.6 Å². The first kappa shape index (κ1) is 9.46. The van der Waals surface area contributed by atoms with Crippen molar-refractivity contribution in [3.8, 4) is 0 Å². The van der Waals surface area contributed by atoms with Crippen LogP contribution in [0.15, 0.2) is 0 Å². The van der Waals surface area contributed by atoms with E-state index in [1.165, 1.54) is 17.9 Å². The van der Waals surface area contributed by atoms with Crippen LogP contribution in [0.4, 0.5) is 0 Å². The zero-order valence-corrected chi connectivity index (χ0v) is 9.26. The predicted octanol–water partition coefficient (Wildman–Crippen LogP) is 0.164. The summed E-state index contributed by atoms with van der Waals surface area (Å²) >= 11 is 2.11. The lowest BCUT2D eigenvalue weighted by Gasteiger charge is -2.40. The average molecular weight is 214 g/mol. The molecule has 0 bridgehead atoms. The van der Waals surface area contributed by atoms with E-state index in [9.17, 15) is 0 Å². The molecule has 80 valence electrons. The minimum atomic E-state index is 0.467. The zero-order valence-electron chi connectivity index (χ0n) is 8.45. The summed E-state index contributed by atoms with van der Waals surface area (Å²) in [5.74, 6) is 2.69. The van der Waals surface area contributed by atoms with Gasteiger partial charge in [-0.15, -0.1) is 0 Å². The maximum atomic E-state index is 5.78. The topological polar surface area (TPSA) is 24.5 Å². The van der Waals surface area contributed by atoms with Crippen molar-refractivity contribution in [2.75, 3.05) is 37.7 Å². The van der Waals surface area contributed by atoms with Crippen molar-refractivity contribution < 1.29 is 4.74 Å². The number of hydrogen-bond acceptors (Lipinski definition) is 4. The Morgan fingerprint density at radius 1 is 1.36 bits per heavy atom. The van der Waals surface area contributed by atoms with Gasteiger partial charge < -0.3 is 10.1 Å². The lowest BCUT2D eigenvalue weighted by Crippen LogP contribution is -2.54. The molecular weight excluding hydrogens is 196 g/mol. The van der Waals surface area contributed by atoms with Crippen LogP contribution < -0.4 is 5.32 Å². The van der Waals surface area contributed by atoms with Gasteiger partial charge in [0.15, 0.2) is 0 Å². The summed E-state index contributed by atoms with van der Waals surface area (Å²) in [6.07, 6.45) is 1.85. The molecule has 0 amide bonds. The Labute approximate surface area is 89.6 Å². The van der Waals surface area contributed by atoms with E-state index in [1.807, 2.05) is 0 Å². The highest BCUT2D eigenvalue weighted by Gasteiger charge is 2.39. The molecule has 0 aromatic heterocycles. The molecule has 3 aliphatic heterocycles. The molecule has 3 atom stereocenters. The summed E-state index contributed by atoms with van der Waals surface area (Å²) in [6.45, 7) is 4.27. The fourth-order valence-electron chi connectivity index (χ4n) is 2.85. The highest BCUT2D eigenvalue weighted by atomic mass is 32.2. The summed E-state index contributed by atoms with van der Waals surface area (Å²) in [5.41, 5.74) is 0. The maximum absolute atomic E-state index is 5.78. The first-order chi connectivity index (χ1) is 6.95. The Morgan fingerprint density at radius 3 is 3.21 bits per heavy atom. The van der Waals surface area contributed by atoms with Crippen LogP contribution in [0.1, 0.15) is 6.42 Å². The summed E-state index contributed by atoms with van der Waals surface area (Å²) < 4.78 is 5.78. The number of hydrogen-bond donors (Lipinski definition) is 1. The van der Waals surface area contributed by atoms with Gasteiger partial charge in [-0.1, -0.05) is 0 Å². The Hall–Kier alpha value is 0.230. The quantitative estimate of drug-likeness (QED) is 0.672. The number of morpholine rings is 1. The number of rotatable bonds is 1. The van der Waals surface area contributed by atoms with Crippen molar-refractivity contribution >= 4 is 11.8 Å². The molecule has 0 saturated carbocycles. The van der Waals surface area contributed by atoms with Gasteiger partial charge >= 0.3 is 0 Å². The molecule has 3 nitrogen and oxygen atoms in total. The third-order valence-electron chi connectivity index (χ3n) is 3.61. The highest BCUT2D eigenvalue weighted by molar-refractivity contribution is 7.99. The van der Waals surface area contributed by atoms with Gasteiger partial charge in [0.2, 0.25) is 0 Å². The van der Waals surface area contributed by atoms with E-state index < -0.39 is 0 Å². The summed E-state index contributed by atoms with van der Waals surface area (Å²) in [5, 5.41) is 3.44. The van der Waals surface area contributed by atoms with E-state index in [2.05, 4.69) is 22.0 Å². The Bertz CT molecular complexity index is 208. The molecule has 0 aliphatic carbocycles. The largest absolute Gasteiger partial charge is 0.374 e. The van der Waals surface area contributed by atoms with Gasteiger partial charge in [-0.3, -0.25) is 4.90 Å². The van der Waals surface area contributed by atoms with Gasteiger partial charge in [0.1, 0.15) is 0 Å². The van der Waals surface area contributed by atoms with Crippen molar-refractivity contribution in [1.29, 1.82) is 0 Å². The summed E-state index contributed by atoms with van der Waals surface area (Å²) in [6, 6.07) is 1.49. The molecular formula is C10H18N2OS. The van der Waals surface area contributed by atoms with Crippen molar-refractivity contribution in [1.82, 2.24) is 10.2 Å². The van der Waals surface area contributed by atoms with E-state index in [1.54, 1.807) is 0 Å². The number of nitrogens with zero attached hydrogens (tertiary/aromatic N) is 1. The number of thioether (sulfide) groups is 1. The highest BCUT2D eigenvalue weighted by Crippen LogP contribution is 2.28. The number of fused-ring (bicyclic) bond motifs is 1. The van der Waals surface area contributed by atoms with Gasteiger partial charge in [0.05, 0.1) is 12.7 Å². The number of nitrogens with one attached hydrogen (secondary N) is 1. The van der Waals surface area contributed by atoms with Crippen LogP contribution in [-0.2, 0) is 4.74 Å². The second kappa shape index (κ2) is 4.00. The molecule has 14 heavy (non-hydrogen) atoms. The first-order valence-electron chi connectivity index (χ1n) is 5.61. The number of ether oxygens (including phenoxy) is 1. The van der Waals surface area contributed by atoms with E-state index in [0.717, 1.165) is 32.3 Å². The molecule has 1 N–H and O–H groups in total. The minimum absolute atomic E-state index is 0.467. The SMILES string of the molecule is C1CN(C2CCSC2)[C@@H]2CNC[C@@H]2O1. The van der Waals surface area contributed by atoms with Gasteiger partial charge in [-0.05, 0) is 12.2 Å². The summed E-state index contributed by atoms with van der Waals surface area (Å²) in [7, 11) is 0. The molecule has 3 heterocycles. The second-order valence-electron chi connectivity index (χ2n) is 4.39. The van der Waals surface area contributed by atoms with Crippen molar-refractivity contribution in [3.05, 3.63) is 0 Å². The van der Waals surface area contributed by atoms with Crippen LogP contribution in [0.5, 0.6) is 0 Å². The Kier molecular flexibility index (Phi) is 2.70. The molecule has 3 aliphatic rings. The minimum Gasteiger partial charge on any atom is -0.374 e. The standard InChI is InChI=1S/C10H18N2OS/c1-4-14-7-8(1)12-2-3-13-10-6-11-5-9(10)12/h8-11H,1-7H2/t8?,9-,10+/m1/s1. The van der Waals surface area contributed by atoms with Gasteiger partial charge in [-0.2, -0.15) is 11.8 Å². The molecule has 3 saturated heterocycles. The molecule has 0 spiro atoms. The zero-order chi connectivity index (χ0) is 9.38. The fourth-order valence-corrected chi connectivity index (χ4v) is 4.09. The molecule has 0 radical (unpaired) electrons.